The number of nitrogens with one attached hydrogen (secondary N) is 1. The summed E-state index contributed by atoms with van der Waals surface area (Å²) in [4.78, 5) is 20.9. The molecule has 108 valence electrons. The van der Waals surface area contributed by atoms with Crippen LogP contribution in [0.4, 0.5) is 5.13 Å². The minimum absolute atomic E-state index is 0. The number of hydrogen-bond donors (Lipinski definition) is 1. The van der Waals surface area contributed by atoms with Crippen LogP contribution in [0.5, 0.6) is 0 Å². The van der Waals surface area contributed by atoms with E-state index in [-0.39, 0.29) is 18.3 Å². The molecule has 0 spiro atoms. The van der Waals surface area contributed by atoms with Crippen molar-refractivity contribution >= 4 is 46.1 Å². The fourth-order valence-corrected chi connectivity index (χ4v) is 3.80. The number of nitrogens with zero attached hydrogens (tertiary/aromatic N) is 2. The van der Waals surface area contributed by atoms with Gasteiger partial charge in [-0.1, -0.05) is 13.0 Å². The predicted octanol–water partition coefficient (Wildman–Crippen LogP) is 3.26. The molecule has 7 heteroatoms. The van der Waals surface area contributed by atoms with E-state index in [1.54, 1.807) is 11.3 Å². The van der Waals surface area contributed by atoms with E-state index in [0.717, 1.165) is 41.8 Å². The third-order valence-electron chi connectivity index (χ3n) is 3.22. The maximum Gasteiger partial charge on any atom is 0.267 e. The molecule has 1 aliphatic heterocycles. The van der Waals surface area contributed by atoms with Crippen LogP contribution in [0.2, 0.25) is 0 Å². The number of carbonyl (C=O) groups excluding carboxylic acids is 1. The number of fused-ring (bicyclic) bond motifs is 1. The molecule has 0 saturated carbocycles. The molecule has 2 aromatic heterocycles. The summed E-state index contributed by atoms with van der Waals surface area (Å²) >= 11 is 3.05. The predicted molar refractivity (Wildman–Crippen MR) is 86.3 cm³/mol. The molecule has 2 aromatic rings. The van der Waals surface area contributed by atoms with Crippen LogP contribution in [0, 0.1) is 0 Å². The van der Waals surface area contributed by atoms with Crippen molar-refractivity contribution < 1.29 is 4.79 Å². The molecule has 0 atom stereocenters. The minimum atomic E-state index is -0.0616. The Labute approximate surface area is 132 Å². The van der Waals surface area contributed by atoms with E-state index in [0.29, 0.717) is 0 Å². The molecule has 20 heavy (non-hydrogen) atoms. The van der Waals surface area contributed by atoms with Gasteiger partial charge in [0.05, 0.1) is 10.6 Å². The Morgan fingerprint density at radius 1 is 1.55 bits per heavy atom. The van der Waals surface area contributed by atoms with Crippen LogP contribution < -0.4 is 5.32 Å². The number of rotatable bonds is 3. The molecule has 0 unspecified atom stereocenters. The van der Waals surface area contributed by atoms with Crippen LogP contribution in [0.25, 0.3) is 0 Å². The first kappa shape index (κ1) is 15.4. The third kappa shape index (κ3) is 3.20. The Balaban J connectivity index is 0.00000147. The summed E-state index contributed by atoms with van der Waals surface area (Å²) in [6, 6.07) is 3.71. The number of anilines is 1. The average Bonchev–Trinajstić information content (AvgIpc) is 3.06. The Morgan fingerprint density at radius 2 is 2.40 bits per heavy atom. The standard InChI is InChI=1S/C13H15N3OS2.ClH/c1-2-16-6-5-9-11(8-16)19-13(14-9)15-12(17)10-4-3-7-18-10;/h3-4,7H,2,5-6,8H2,1H3,(H,14,15,17);1H. The lowest BCUT2D eigenvalue weighted by Crippen LogP contribution is -2.29. The van der Waals surface area contributed by atoms with Crippen molar-refractivity contribution in [3.63, 3.8) is 0 Å². The smallest absolute Gasteiger partial charge is 0.267 e. The molecular weight excluding hydrogens is 314 g/mol. The number of aromatic nitrogens is 1. The lowest BCUT2D eigenvalue weighted by Gasteiger charge is -2.23. The SMILES string of the molecule is CCN1CCc2nc(NC(=O)c3cccs3)sc2C1.Cl. The number of hydrogen-bond acceptors (Lipinski definition) is 5. The summed E-state index contributed by atoms with van der Waals surface area (Å²) in [5, 5.41) is 5.52. The van der Waals surface area contributed by atoms with Gasteiger partial charge in [0, 0.05) is 24.4 Å². The second kappa shape index (κ2) is 6.67. The van der Waals surface area contributed by atoms with Crippen molar-refractivity contribution in [2.24, 2.45) is 0 Å². The van der Waals surface area contributed by atoms with Gasteiger partial charge in [0.2, 0.25) is 0 Å². The molecule has 0 radical (unpaired) electrons. The Hall–Kier alpha value is -0.950. The number of halogens is 1. The maximum absolute atomic E-state index is 12.0. The van der Waals surface area contributed by atoms with Gasteiger partial charge in [-0.05, 0) is 18.0 Å². The summed E-state index contributed by atoms with van der Waals surface area (Å²) < 4.78 is 0. The summed E-state index contributed by atoms with van der Waals surface area (Å²) in [6.45, 7) is 5.25. The summed E-state index contributed by atoms with van der Waals surface area (Å²) in [7, 11) is 0. The van der Waals surface area contributed by atoms with E-state index in [2.05, 4.69) is 22.1 Å². The lowest BCUT2D eigenvalue weighted by atomic mass is 10.2. The zero-order valence-electron chi connectivity index (χ0n) is 11.1. The highest BCUT2D eigenvalue weighted by molar-refractivity contribution is 7.16. The van der Waals surface area contributed by atoms with E-state index < -0.39 is 0 Å². The molecule has 1 amide bonds. The van der Waals surface area contributed by atoms with Gasteiger partial charge in [-0.25, -0.2) is 4.98 Å². The van der Waals surface area contributed by atoms with Gasteiger partial charge in [0.25, 0.3) is 5.91 Å². The first-order chi connectivity index (χ1) is 9.26. The number of thiophene rings is 1. The van der Waals surface area contributed by atoms with E-state index >= 15 is 0 Å². The zero-order valence-corrected chi connectivity index (χ0v) is 13.5. The van der Waals surface area contributed by atoms with Gasteiger partial charge in [0.15, 0.2) is 5.13 Å². The van der Waals surface area contributed by atoms with Crippen LogP contribution in [0.15, 0.2) is 17.5 Å². The van der Waals surface area contributed by atoms with Gasteiger partial charge in [0.1, 0.15) is 0 Å². The van der Waals surface area contributed by atoms with Crippen molar-refractivity contribution in [2.75, 3.05) is 18.4 Å². The molecule has 3 heterocycles. The van der Waals surface area contributed by atoms with E-state index in [9.17, 15) is 4.79 Å². The van der Waals surface area contributed by atoms with Crippen molar-refractivity contribution in [1.82, 2.24) is 9.88 Å². The molecular formula is C13H16ClN3OS2. The first-order valence-electron chi connectivity index (χ1n) is 6.32. The van der Waals surface area contributed by atoms with Gasteiger partial charge in [-0.2, -0.15) is 0 Å². The van der Waals surface area contributed by atoms with Gasteiger partial charge >= 0.3 is 0 Å². The molecule has 3 rings (SSSR count). The highest BCUT2D eigenvalue weighted by Crippen LogP contribution is 2.28. The van der Waals surface area contributed by atoms with Crippen LogP contribution in [-0.2, 0) is 13.0 Å². The summed E-state index contributed by atoms with van der Waals surface area (Å²) in [5.74, 6) is -0.0616. The summed E-state index contributed by atoms with van der Waals surface area (Å²) in [6.07, 6.45) is 0.981. The number of amides is 1. The lowest BCUT2D eigenvalue weighted by molar-refractivity contribution is 0.103. The highest BCUT2D eigenvalue weighted by atomic mass is 35.5. The molecule has 1 aliphatic rings. The fraction of sp³-hybridized carbons (Fsp3) is 0.385. The third-order valence-corrected chi connectivity index (χ3v) is 5.09. The number of thiazole rings is 1. The minimum Gasteiger partial charge on any atom is -0.298 e. The first-order valence-corrected chi connectivity index (χ1v) is 8.01. The largest absolute Gasteiger partial charge is 0.298 e. The topological polar surface area (TPSA) is 45.2 Å². The number of carbonyl (C=O) groups is 1. The molecule has 1 N–H and O–H groups in total. The van der Waals surface area contributed by atoms with Crippen molar-refractivity contribution in [1.29, 1.82) is 0 Å². The molecule has 0 bridgehead atoms. The second-order valence-corrected chi connectivity index (χ2v) is 6.47. The highest BCUT2D eigenvalue weighted by Gasteiger charge is 2.20. The van der Waals surface area contributed by atoms with Crippen molar-refractivity contribution in [2.45, 2.75) is 19.9 Å². The van der Waals surface area contributed by atoms with Gasteiger partial charge in [-0.15, -0.1) is 35.1 Å². The monoisotopic (exact) mass is 329 g/mol. The molecule has 0 aliphatic carbocycles. The quantitative estimate of drug-likeness (QED) is 0.940. The van der Waals surface area contributed by atoms with E-state index in [1.807, 2.05) is 17.5 Å². The second-order valence-electron chi connectivity index (χ2n) is 4.44. The normalized spacial score (nSPS) is 14.4. The average molecular weight is 330 g/mol. The van der Waals surface area contributed by atoms with Crippen molar-refractivity contribution in [3.8, 4) is 0 Å². The molecule has 0 aromatic carbocycles. The fourth-order valence-electron chi connectivity index (χ4n) is 2.14. The molecule has 0 saturated heterocycles. The van der Waals surface area contributed by atoms with E-state index in [4.69, 9.17) is 0 Å². The Bertz CT molecular complexity index is 582. The van der Waals surface area contributed by atoms with Crippen molar-refractivity contribution in [3.05, 3.63) is 33.0 Å². The number of likely N-dealkylation sites (N-methyl/N-ethyl adjacent to an activating group) is 1. The van der Waals surface area contributed by atoms with E-state index in [1.165, 1.54) is 16.2 Å². The molecule has 0 fully saturated rings. The van der Waals surface area contributed by atoms with Crippen LogP contribution in [0.3, 0.4) is 0 Å². The van der Waals surface area contributed by atoms with Gasteiger partial charge < -0.3 is 0 Å². The van der Waals surface area contributed by atoms with Crippen LogP contribution in [0.1, 0.15) is 27.2 Å². The van der Waals surface area contributed by atoms with Gasteiger partial charge in [-0.3, -0.25) is 15.0 Å². The summed E-state index contributed by atoms with van der Waals surface area (Å²) in [5.41, 5.74) is 1.15. The molecule has 4 nitrogen and oxygen atoms in total. The Kier molecular flexibility index (Phi) is 5.15. The van der Waals surface area contributed by atoms with Crippen LogP contribution in [-0.4, -0.2) is 28.9 Å². The Morgan fingerprint density at radius 3 is 3.10 bits per heavy atom. The maximum atomic E-state index is 12.0. The van der Waals surface area contributed by atoms with Crippen LogP contribution >= 0.6 is 35.1 Å². The zero-order chi connectivity index (χ0) is 13.2.